The van der Waals surface area contributed by atoms with Crippen LogP contribution in [0.15, 0.2) is 24.4 Å². The molecule has 1 unspecified atom stereocenters. The molecular weight excluding hydrogens is 268 g/mol. The van der Waals surface area contributed by atoms with Crippen LogP contribution in [0.1, 0.15) is 43.7 Å². The first-order valence-corrected chi connectivity index (χ1v) is 6.85. The summed E-state index contributed by atoms with van der Waals surface area (Å²) in [6.07, 6.45) is 3.93. The molecule has 1 aromatic rings. The monoisotopic (exact) mass is 290 g/mol. The highest BCUT2D eigenvalue weighted by Crippen LogP contribution is 2.24. The van der Waals surface area contributed by atoms with Gasteiger partial charge in [0.25, 0.3) is 5.91 Å². The highest BCUT2D eigenvalue weighted by atomic mass is 16.4. The second kappa shape index (κ2) is 7.02. The summed E-state index contributed by atoms with van der Waals surface area (Å²) >= 11 is 0. The van der Waals surface area contributed by atoms with E-state index in [2.05, 4.69) is 38.0 Å². The van der Waals surface area contributed by atoms with Gasteiger partial charge in [0.1, 0.15) is 5.69 Å². The molecule has 0 spiro atoms. The number of carboxylic acids is 1. The summed E-state index contributed by atoms with van der Waals surface area (Å²) in [7, 11) is 0. The Balaban J connectivity index is 2.61. The molecule has 0 aromatic carbocycles. The van der Waals surface area contributed by atoms with Crippen LogP contribution >= 0.6 is 0 Å². The van der Waals surface area contributed by atoms with Crippen molar-refractivity contribution in [2.75, 3.05) is 6.54 Å². The summed E-state index contributed by atoms with van der Waals surface area (Å²) < 4.78 is 0. The maximum atomic E-state index is 12.0. The van der Waals surface area contributed by atoms with E-state index in [0.29, 0.717) is 23.7 Å². The second-order valence-corrected chi connectivity index (χ2v) is 6.13. The normalized spacial score (nSPS) is 13.1. The quantitative estimate of drug-likeness (QED) is 0.817. The molecule has 0 radical (unpaired) electrons. The molecule has 0 aliphatic carbocycles. The molecule has 1 aromatic heterocycles. The van der Waals surface area contributed by atoms with Gasteiger partial charge in [-0.3, -0.25) is 9.78 Å². The Labute approximate surface area is 125 Å². The smallest absolute Gasteiger partial charge is 0.328 e. The molecule has 5 nitrogen and oxygen atoms in total. The van der Waals surface area contributed by atoms with Gasteiger partial charge < -0.3 is 10.4 Å². The first-order chi connectivity index (χ1) is 9.70. The fourth-order valence-corrected chi connectivity index (χ4v) is 1.45. The number of pyridine rings is 1. The maximum absolute atomic E-state index is 12.0. The summed E-state index contributed by atoms with van der Waals surface area (Å²) in [5.41, 5.74) is 1.09. The molecule has 0 aliphatic rings. The number of aliphatic carboxylic acids is 1. The molecule has 1 heterocycles. The lowest BCUT2D eigenvalue weighted by molar-refractivity contribution is -0.131. The highest BCUT2D eigenvalue weighted by molar-refractivity contribution is 5.92. The zero-order valence-electron chi connectivity index (χ0n) is 12.9. The zero-order chi connectivity index (χ0) is 16.0. The van der Waals surface area contributed by atoms with Crippen LogP contribution < -0.4 is 5.32 Å². The Morgan fingerprint density at radius 2 is 2.05 bits per heavy atom. The number of carbonyl (C=O) groups excluding carboxylic acids is 1. The number of carbonyl (C=O) groups is 2. The van der Waals surface area contributed by atoms with Crippen molar-refractivity contribution in [3.8, 4) is 0 Å². The van der Waals surface area contributed by atoms with Crippen LogP contribution in [0, 0.1) is 11.3 Å². The van der Waals surface area contributed by atoms with Gasteiger partial charge in [-0.25, -0.2) is 4.79 Å². The molecule has 0 saturated carbocycles. The van der Waals surface area contributed by atoms with E-state index in [1.807, 2.05) is 0 Å². The van der Waals surface area contributed by atoms with Crippen molar-refractivity contribution < 1.29 is 14.7 Å². The van der Waals surface area contributed by atoms with E-state index in [1.54, 1.807) is 12.1 Å². The van der Waals surface area contributed by atoms with Gasteiger partial charge in [0.05, 0.1) is 0 Å². The third-order valence-electron chi connectivity index (χ3n) is 3.48. The van der Waals surface area contributed by atoms with Crippen LogP contribution in [0.3, 0.4) is 0 Å². The van der Waals surface area contributed by atoms with Crippen LogP contribution in [-0.2, 0) is 4.79 Å². The van der Waals surface area contributed by atoms with E-state index >= 15 is 0 Å². The molecule has 0 fully saturated rings. The lowest BCUT2D eigenvalue weighted by Crippen LogP contribution is -2.34. The van der Waals surface area contributed by atoms with Crippen LogP contribution in [-0.4, -0.2) is 28.5 Å². The number of nitrogens with one attached hydrogen (secondary N) is 1. The fourth-order valence-electron chi connectivity index (χ4n) is 1.45. The van der Waals surface area contributed by atoms with Gasteiger partial charge in [-0.15, -0.1) is 0 Å². The number of carboxylic acid groups (broad SMARTS) is 1. The van der Waals surface area contributed by atoms with Gasteiger partial charge in [0, 0.05) is 18.8 Å². The predicted molar refractivity (Wildman–Crippen MR) is 81.9 cm³/mol. The van der Waals surface area contributed by atoms with Gasteiger partial charge in [-0.05, 0) is 29.0 Å². The minimum Gasteiger partial charge on any atom is -0.478 e. The fraction of sp³-hybridized carbons (Fsp3) is 0.438. The number of nitrogens with zero attached hydrogens (tertiary/aromatic N) is 1. The van der Waals surface area contributed by atoms with Gasteiger partial charge in [-0.1, -0.05) is 33.8 Å². The minimum atomic E-state index is -1.02. The summed E-state index contributed by atoms with van der Waals surface area (Å²) in [5.74, 6) is -0.896. The van der Waals surface area contributed by atoms with Crippen LogP contribution in [0.25, 0.3) is 6.08 Å². The van der Waals surface area contributed by atoms with E-state index in [0.717, 1.165) is 6.08 Å². The van der Waals surface area contributed by atoms with E-state index < -0.39 is 5.97 Å². The molecule has 0 saturated heterocycles. The lowest BCUT2D eigenvalue weighted by atomic mass is 9.82. The average molecular weight is 290 g/mol. The van der Waals surface area contributed by atoms with Crippen molar-refractivity contribution >= 4 is 18.0 Å². The Morgan fingerprint density at radius 1 is 1.38 bits per heavy atom. The molecule has 1 amide bonds. The van der Waals surface area contributed by atoms with Crippen molar-refractivity contribution in [2.24, 2.45) is 11.3 Å². The van der Waals surface area contributed by atoms with Crippen molar-refractivity contribution in [2.45, 2.75) is 27.7 Å². The van der Waals surface area contributed by atoms with E-state index in [4.69, 9.17) is 5.11 Å². The third kappa shape index (κ3) is 5.77. The topological polar surface area (TPSA) is 79.3 Å². The summed E-state index contributed by atoms with van der Waals surface area (Å²) in [6, 6.07) is 3.24. The molecule has 5 heteroatoms. The molecule has 0 bridgehead atoms. The van der Waals surface area contributed by atoms with Gasteiger partial charge in [0.2, 0.25) is 0 Å². The predicted octanol–water partition coefficient (Wildman–Crippen LogP) is 2.59. The molecule has 2 N–H and O–H groups in total. The second-order valence-electron chi connectivity index (χ2n) is 6.13. The summed E-state index contributed by atoms with van der Waals surface area (Å²) in [6.45, 7) is 9.07. The number of hydrogen-bond donors (Lipinski definition) is 2. The molecule has 1 atom stereocenters. The number of hydrogen-bond acceptors (Lipinski definition) is 3. The van der Waals surface area contributed by atoms with E-state index in [-0.39, 0.29) is 11.3 Å². The molecule has 114 valence electrons. The maximum Gasteiger partial charge on any atom is 0.328 e. The van der Waals surface area contributed by atoms with Crippen molar-refractivity contribution in [3.63, 3.8) is 0 Å². The van der Waals surface area contributed by atoms with Crippen molar-refractivity contribution in [1.82, 2.24) is 10.3 Å². The average Bonchev–Trinajstić information content (AvgIpc) is 2.41. The number of rotatable bonds is 5. The van der Waals surface area contributed by atoms with Gasteiger partial charge in [0.15, 0.2) is 0 Å². The Bertz CT molecular complexity index is 527. The first-order valence-electron chi connectivity index (χ1n) is 6.85. The number of aromatic nitrogens is 1. The highest BCUT2D eigenvalue weighted by Gasteiger charge is 2.20. The van der Waals surface area contributed by atoms with Gasteiger partial charge >= 0.3 is 5.97 Å². The van der Waals surface area contributed by atoms with Crippen LogP contribution in [0.2, 0.25) is 0 Å². The minimum absolute atomic E-state index is 0.131. The van der Waals surface area contributed by atoms with Crippen LogP contribution in [0.5, 0.6) is 0 Å². The summed E-state index contributed by atoms with van der Waals surface area (Å²) in [5, 5.41) is 11.4. The molecule has 1 rings (SSSR count). The molecular formula is C16H22N2O3. The van der Waals surface area contributed by atoms with E-state index in [9.17, 15) is 9.59 Å². The zero-order valence-corrected chi connectivity index (χ0v) is 12.9. The van der Waals surface area contributed by atoms with Gasteiger partial charge in [-0.2, -0.15) is 0 Å². The number of amides is 1. The van der Waals surface area contributed by atoms with Crippen LogP contribution in [0.4, 0.5) is 0 Å². The largest absolute Gasteiger partial charge is 0.478 e. The van der Waals surface area contributed by atoms with Crippen molar-refractivity contribution in [3.05, 3.63) is 35.7 Å². The Kier molecular flexibility index (Phi) is 5.64. The first kappa shape index (κ1) is 16.9. The SMILES string of the molecule is CC(CNC(=O)c1ccc(/C=C/C(=O)O)cn1)C(C)(C)C. The summed E-state index contributed by atoms with van der Waals surface area (Å²) in [4.78, 5) is 26.4. The van der Waals surface area contributed by atoms with E-state index in [1.165, 1.54) is 12.3 Å². The van der Waals surface area contributed by atoms with Crippen molar-refractivity contribution in [1.29, 1.82) is 0 Å². The molecule has 21 heavy (non-hydrogen) atoms. The molecule has 0 aliphatic heterocycles. The lowest BCUT2D eigenvalue weighted by Gasteiger charge is -2.27. The Hall–Kier alpha value is -2.17. The standard InChI is InChI=1S/C16H22N2O3/c1-11(16(2,3)4)9-18-15(21)13-7-5-12(10-17-13)6-8-14(19)20/h5-8,10-11H,9H2,1-4H3,(H,18,21)(H,19,20)/b8-6+. The third-order valence-corrected chi connectivity index (χ3v) is 3.48. The Morgan fingerprint density at radius 3 is 2.52 bits per heavy atom.